The zero-order valence-electron chi connectivity index (χ0n) is 14.6. The number of nitrogens with zero attached hydrogens (tertiary/aromatic N) is 2. The van der Waals surface area contributed by atoms with E-state index in [2.05, 4.69) is 20.8 Å². The minimum Gasteiger partial charge on any atom is -0.496 e. The van der Waals surface area contributed by atoms with E-state index < -0.39 is 0 Å². The van der Waals surface area contributed by atoms with Crippen molar-refractivity contribution in [1.82, 2.24) is 15.5 Å². The Labute approximate surface area is 142 Å². The lowest BCUT2D eigenvalue weighted by molar-refractivity contribution is 0.0948. The molecule has 0 bridgehead atoms. The van der Waals surface area contributed by atoms with E-state index in [9.17, 15) is 4.79 Å². The molecule has 0 unspecified atom stereocenters. The summed E-state index contributed by atoms with van der Waals surface area (Å²) in [7, 11) is 1.64. The van der Waals surface area contributed by atoms with Gasteiger partial charge in [0.05, 0.1) is 7.11 Å². The fraction of sp³-hybridized carbons (Fsp3) is 0.389. The van der Waals surface area contributed by atoms with Crippen molar-refractivity contribution >= 4 is 11.7 Å². The number of hydrogen-bond acceptors (Lipinski definition) is 5. The van der Waals surface area contributed by atoms with Gasteiger partial charge in [-0.2, -0.15) is 0 Å². The lowest BCUT2D eigenvalue weighted by Crippen LogP contribution is -2.28. The Morgan fingerprint density at radius 1 is 1.12 bits per heavy atom. The normalized spacial score (nSPS) is 11.0. The van der Waals surface area contributed by atoms with E-state index in [0.717, 1.165) is 11.3 Å². The molecule has 6 nitrogen and oxygen atoms in total. The third-order valence-electron chi connectivity index (χ3n) is 3.27. The number of anilines is 1. The van der Waals surface area contributed by atoms with Crippen molar-refractivity contribution in [2.75, 3.05) is 19.0 Å². The van der Waals surface area contributed by atoms with Gasteiger partial charge in [0.25, 0.3) is 5.91 Å². The Kier molecular flexibility index (Phi) is 5.73. The topological polar surface area (TPSA) is 76.1 Å². The van der Waals surface area contributed by atoms with Crippen LogP contribution in [0.25, 0.3) is 0 Å². The van der Waals surface area contributed by atoms with Crippen LogP contribution in [0.4, 0.5) is 5.82 Å². The molecule has 0 saturated carbocycles. The fourth-order valence-corrected chi connectivity index (χ4v) is 2.22. The summed E-state index contributed by atoms with van der Waals surface area (Å²) < 4.78 is 5.30. The summed E-state index contributed by atoms with van der Waals surface area (Å²) in [5, 5.41) is 14.1. The predicted octanol–water partition coefficient (Wildman–Crippen LogP) is 2.67. The van der Waals surface area contributed by atoms with E-state index in [0.29, 0.717) is 24.5 Å². The Morgan fingerprint density at radius 2 is 1.88 bits per heavy atom. The van der Waals surface area contributed by atoms with Crippen molar-refractivity contribution in [2.24, 2.45) is 0 Å². The van der Waals surface area contributed by atoms with E-state index in [1.807, 2.05) is 45.0 Å². The number of para-hydroxylation sites is 1. The van der Waals surface area contributed by atoms with Crippen LogP contribution in [0, 0.1) is 0 Å². The first-order valence-corrected chi connectivity index (χ1v) is 7.91. The quantitative estimate of drug-likeness (QED) is 0.852. The summed E-state index contributed by atoms with van der Waals surface area (Å²) in [6.07, 6.45) is 0.687. The largest absolute Gasteiger partial charge is 0.496 e. The third kappa shape index (κ3) is 5.22. The zero-order chi connectivity index (χ0) is 17.6. The molecule has 0 spiro atoms. The van der Waals surface area contributed by atoms with Crippen LogP contribution < -0.4 is 15.4 Å². The zero-order valence-corrected chi connectivity index (χ0v) is 14.6. The minimum atomic E-state index is -0.236. The molecule has 0 aliphatic heterocycles. The Bertz CT molecular complexity index is 678. The van der Waals surface area contributed by atoms with Gasteiger partial charge < -0.3 is 15.4 Å². The van der Waals surface area contributed by atoms with Crippen LogP contribution in [-0.4, -0.2) is 35.3 Å². The van der Waals surface area contributed by atoms with Crippen LogP contribution in [0.2, 0.25) is 0 Å². The first-order valence-electron chi connectivity index (χ1n) is 7.91. The number of benzene rings is 1. The second-order valence-corrected chi connectivity index (χ2v) is 6.50. The van der Waals surface area contributed by atoms with E-state index in [4.69, 9.17) is 4.74 Å². The molecule has 0 aliphatic carbocycles. The molecular formula is C18H24N4O2. The summed E-state index contributed by atoms with van der Waals surface area (Å²) in [5.41, 5.74) is 1.25. The van der Waals surface area contributed by atoms with Crippen molar-refractivity contribution < 1.29 is 9.53 Å². The number of amides is 1. The number of carbonyl (C=O) groups excluding carboxylic acids is 1. The van der Waals surface area contributed by atoms with Crippen LogP contribution in [0.15, 0.2) is 36.4 Å². The van der Waals surface area contributed by atoms with E-state index in [1.165, 1.54) is 0 Å². The Balaban J connectivity index is 1.88. The van der Waals surface area contributed by atoms with Gasteiger partial charge in [-0.05, 0) is 51.0 Å². The SMILES string of the molecule is COc1ccccc1CCNC(=O)c1ccc(NC(C)(C)C)nn1. The molecule has 1 amide bonds. The molecule has 1 aromatic carbocycles. The third-order valence-corrected chi connectivity index (χ3v) is 3.27. The molecule has 0 radical (unpaired) electrons. The summed E-state index contributed by atoms with van der Waals surface area (Å²) in [4.78, 5) is 12.1. The number of hydrogen-bond donors (Lipinski definition) is 2. The predicted molar refractivity (Wildman–Crippen MR) is 94.4 cm³/mol. The van der Waals surface area contributed by atoms with Crippen molar-refractivity contribution in [3.05, 3.63) is 47.7 Å². The molecule has 128 valence electrons. The molecule has 1 heterocycles. The van der Waals surface area contributed by atoms with Gasteiger partial charge in [0, 0.05) is 12.1 Å². The number of rotatable bonds is 6. The molecule has 24 heavy (non-hydrogen) atoms. The van der Waals surface area contributed by atoms with Crippen LogP contribution in [-0.2, 0) is 6.42 Å². The lowest BCUT2D eigenvalue weighted by Gasteiger charge is -2.20. The standard InChI is InChI=1S/C18H24N4O2/c1-18(2,3)20-16-10-9-14(21-22-16)17(23)19-12-11-13-7-5-6-8-15(13)24-4/h5-10H,11-12H2,1-4H3,(H,19,23)(H,20,22). The highest BCUT2D eigenvalue weighted by molar-refractivity contribution is 5.92. The van der Waals surface area contributed by atoms with Gasteiger partial charge in [-0.15, -0.1) is 10.2 Å². The second kappa shape index (κ2) is 7.77. The smallest absolute Gasteiger partial charge is 0.271 e. The van der Waals surface area contributed by atoms with Gasteiger partial charge in [-0.3, -0.25) is 4.79 Å². The molecule has 2 N–H and O–H groups in total. The van der Waals surface area contributed by atoms with Gasteiger partial charge in [-0.25, -0.2) is 0 Å². The number of methoxy groups -OCH3 is 1. The number of aromatic nitrogens is 2. The highest BCUT2D eigenvalue weighted by Crippen LogP contribution is 2.17. The van der Waals surface area contributed by atoms with Gasteiger partial charge in [0.1, 0.15) is 11.6 Å². The maximum Gasteiger partial charge on any atom is 0.271 e. The van der Waals surface area contributed by atoms with Crippen LogP contribution in [0.1, 0.15) is 36.8 Å². The summed E-state index contributed by atoms with van der Waals surface area (Å²) >= 11 is 0. The minimum absolute atomic E-state index is 0.104. The average molecular weight is 328 g/mol. The molecular weight excluding hydrogens is 304 g/mol. The fourth-order valence-electron chi connectivity index (χ4n) is 2.22. The molecule has 0 saturated heterocycles. The monoisotopic (exact) mass is 328 g/mol. The Morgan fingerprint density at radius 3 is 2.50 bits per heavy atom. The van der Waals surface area contributed by atoms with Crippen molar-refractivity contribution in [3.8, 4) is 5.75 Å². The van der Waals surface area contributed by atoms with E-state index >= 15 is 0 Å². The molecule has 2 rings (SSSR count). The van der Waals surface area contributed by atoms with Crippen molar-refractivity contribution in [2.45, 2.75) is 32.7 Å². The highest BCUT2D eigenvalue weighted by Gasteiger charge is 2.12. The molecule has 1 aromatic heterocycles. The van der Waals surface area contributed by atoms with Crippen LogP contribution >= 0.6 is 0 Å². The number of ether oxygens (including phenoxy) is 1. The van der Waals surface area contributed by atoms with E-state index in [-0.39, 0.29) is 11.4 Å². The van der Waals surface area contributed by atoms with Gasteiger partial charge in [0.15, 0.2) is 5.69 Å². The maximum atomic E-state index is 12.1. The Hall–Kier alpha value is -2.63. The summed E-state index contributed by atoms with van der Waals surface area (Å²) in [6, 6.07) is 11.2. The lowest BCUT2D eigenvalue weighted by atomic mass is 10.1. The first kappa shape index (κ1) is 17.7. The number of nitrogens with one attached hydrogen (secondary N) is 2. The summed E-state index contributed by atoms with van der Waals surface area (Å²) in [5.74, 6) is 1.23. The van der Waals surface area contributed by atoms with Gasteiger partial charge in [0.2, 0.25) is 0 Å². The van der Waals surface area contributed by atoms with Crippen molar-refractivity contribution in [1.29, 1.82) is 0 Å². The highest BCUT2D eigenvalue weighted by atomic mass is 16.5. The molecule has 0 atom stereocenters. The second-order valence-electron chi connectivity index (χ2n) is 6.50. The van der Waals surface area contributed by atoms with Crippen LogP contribution in [0.3, 0.4) is 0 Å². The first-order chi connectivity index (χ1) is 11.4. The van der Waals surface area contributed by atoms with E-state index in [1.54, 1.807) is 19.2 Å². The number of carbonyl (C=O) groups is 1. The molecule has 6 heteroatoms. The maximum absolute atomic E-state index is 12.1. The summed E-state index contributed by atoms with van der Waals surface area (Å²) in [6.45, 7) is 6.61. The van der Waals surface area contributed by atoms with Crippen molar-refractivity contribution in [3.63, 3.8) is 0 Å². The van der Waals surface area contributed by atoms with Gasteiger partial charge >= 0.3 is 0 Å². The molecule has 0 fully saturated rings. The van der Waals surface area contributed by atoms with Gasteiger partial charge in [-0.1, -0.05) is 18.2 Å². The molecule has 0 aliphatic rings. The van der Waals surface area contributed by atoms with Crippen LogP contribution in [0.5, 0.6) is 5.75 Å². The average Bonchev–Trinajstić information content (AvgIpc) is 2.54. The molecule has 2 aromatic rings.